The van der Waals surface area contributed by atoms with Crippen molar-refractivity contribution in [3.05, 3.63) is 60.2 Å². The Kier molecular flexibility index (Phi) is 4.50. The standard InChI is InChI=1S/C16H16N2O2/c1-3-17-18(14-9-11-15(20-2)12-10-14)16(19)13-7-5-4-6-8-13/h3-12H,1-2H3/b17-3-. The fourth-order valence-corrected chi connectivity index (χ4v) is 1.78. The van der Waals surface area contributed by atoms with E-state index < -0.39 is 0 Å². The summed E-state index contributed by atoms with van der Waals surface area (Å²) in [6, 6.07) is 16.3. The molecule has 0 fully saturated rings. The second-order valence-corrected chi connectivity index (χ2v) is 4.05. The summed E-state index contributed by atoms with van der Waals surface area (Å²) in [4.78, 5) is 12.5. The largest absolute Gasteiger partial charge is 0.497 e. The number of hydrogen-bond acceptors (Lipinski definition) is 3. The van der Waals surface area contributed by atoms with Crippen LogP contribution in [0.4, 0.5) is 5.69 Å². The fourth-order valence-electron chi connectivity index (χ4n) is 1.78. The van der Waals surface area contributed by atoms with Crippen molar-refractivity contribution in [2.24, 2.45) is 5.10 Å². The van der Waals surface area contributed by atoms with Gasteiger partial charge in [0.1, 0.15) is 5.75 Å². The van der Waals surface area contributed by atoms with Crippen LogP contribution >= 0.6 is 0 Å². The Morgan fingerprint density at radius 2 is 1.75 bits per heavy atom. The molecule has 0 atom stereocenters. The molecule has 0 saturated heterocycles. The number of carbonyl (C=O) groups is 1. The van der Waals surface area contributed by atoms with Gasteiger partial charge in [-0.2, -0.15) is 10.1 Å². The van der Waals surface area contributed by atoms with Gasteiger partial charge in [0.25, 0.3) is 5.91 Å². The minimum absolute atomic E-state index is 0.172. The molecule has 0 bridgehead atoms. The highest BCUT2D eigenvalue weighted by Gasteiger charge is 2.16. The Morgan fingerprint density at radius 3 is 2.30 bits per heavy atom. The molecule has 102 valence electrons. The topological polar surface area (TPSA) is 41.9 Å². The Hall–Kier alpha value is -2.62. The molecule has 0 aromatic heterocycles. The van der Waals surface area contributed by atoms with E-state index in [1.807, 2.05) is 18.2 Å². The molecule has 4 heteroatoms. The van der Waals surface area contributed by atoms with E-state index in [-0.39, 0.29) is 5.91 Å². The third-order valence-electron chi connectivity index (χ3n) is 2.76. The third kappa shape index (κ3) is 3.03. The lowest BCUT2D eigenvalue weighted by molar-refractivity contribution is 0.0988. The zero-order valence-electron chi connectivity index (χ0n) is 11.5. The minimum Gasteiger partial charge on any atom is -0.497 e. The average Bonchev–Trinajstić information content (AvgIpc) is 2.53. The van der Waals surface area contributed by atoms with Crippen LogP contribution in [-0.2, 0) is 0 Å². The molecule has 0 radical (unpaired) electrons. The molecule has 0 N–H and O–H groups in total. The second kappa shape index (κ2) is 6.52. The van der Waals surface area contributed by atoms with Gasteiger partial charge in [0.2, 0.25) is 0 Å². The first kappa shape index (κ1) is 13.8. The molecular weight excluding hydrogens is 252 g/mol. The summed E-state index contributed by atoms with van der Waals surface area (Å²) >= 11 is 0. The normalized spacial score (nSPS) is 10.5. The smallest absolute Gasteiger partial charge is 0.278 e. The van der Waals surface area contributed by atoms with E-state index in [0.717, 1.165) is 5.75 Å². The van der Waals surface area contributed by atoms with Gasteiger partial charge >= 0.3 is 0 Å². The van der Waals surface area contributed by atoms with Crippen molar-refractivity contribution >= 4 is 17.8 Å². The summed E-state index contributed by atoms with van der Waals surface area (Å²) in [5, 5.41) is 5.51. The average molecular weight is 268 g/mol. The summed E-state index contributed by atoms with van der Waals surface area (Å²) in [7, 11) is 1.60. The van der Waals surface area contributed by atoms with Gasteiger partial charge in [-0.3, -0.25) is 4.79 Å². The van der Waals surface area contributed by atoms with Crippen molar-refractivity contribution in [1.82, 2.24) is 0 Å². The molecular formula is C16H16N2O2. The number of anilines is 1. The lowest BCUT2D eigenvalue weighted by Crippen LogP contribution is -2.25. The summed E-state index contributed by atoms with van der Waals surface area (Å²) < 4.78 is 5.11. The minimum atomic E-state index is -0.172. The van der Waals surface area contributed by atoms with E-state index in [4.69, 9.17) is 4.74 Å². The monoisotopic (exact) mass is 268 g/mol. The Labute approximate surface area is 118 Å². The van der Waals surface area contributed by atoms with Crippen molar-refractivity contribution in [1.29, 1.82) is 0 Å². The molecule has 0 saturated carbocycles. The number of methoxy groups -OCH3 is 1. The van der Waals surface area contributed by atoms with Crippen LogP contribution in [0.15, 0.2) is 59.7 Å². The second-order valence-electron chi connectivity index (χ2n) is 4.05. The molecule has 2 rings (SSSR count). The Bertz CT molecular complexity index is 592. The molecule has 1 amide bonds. The van der Waals surface area contributed by atoms with Gasteiger partial charge in [-0.25, -0.2) is 0 Å². The predicted octanol–water partition coefficient (Wildman–Crippen LogP) is 3.35. The molecule has 4 nitrogen and oxygen atoms in total. The highest BCUT2D eigenvalue weighted by atomic mass is 16.5. The van der Waals surface area contributed by atoms with Crippen molar-refractivity contribution in [3.63, 3.8) is 0 Å². The summed E-state index contributed by atoms with van der Waals surface area (Å²) in [5.41, 5.74) is 1.28. The number of ether oxygens (including phenoxy) is 1. The van der Waals surface area contributed by atoms with Gasteiger partial charge in [-0.15, -0.1) is 0 Å². The first-order valence-corrected chi connectivity index (χ1v) is 6.28. The van der Waals surface area contributed by atoms with E-state index in [2.05, 4.69) is 5.10 Å². The van der Waals surface area contributed by atoms with Gasteiger partial charge in [0.05, 0.1) is 12.8 Å². The first-order chi connectivity index (χ1) is 9.76. The van der Waals surface area contributed by atoms with Crippen LogP contribution in [-0.4, -0.2) is 19.2 Å². The lowest BCUT2D eigenvalue weighted by Gasteiger charge is -2.17. The van der Waals surface area contributed by atoms with Crippen LogP contribution in [0.3, 0.4) is 0 Å². The molecule has 0 spiro atoms. The molecule has 0 aliphatic heterocycles. The van der Waals surface area contributed by atoms with Gasteiger partial charge in [-0.1, -0.05) is 18.2 Å². The highest BCUT2D eigenvalue weighted by molar-refractivity contribution is 6.06. The number of hydrazone groups is 1. The van der Waals surface area contributed by atoms with Crippen molar-refractivity contribution < 1.29 is 9.53 Å². The van der Waals surface area contributed by atoms with E-state index in [1.54, 1.807) is 56.6 Å². The third-order valence-corrected chi connectivity index (χ3v) is 2.76. The summed E-state index contributed by atoms with van der Waals surface area (Å²) in [5.74, 6) is 0.565. The number of carbonyl (C=O) groups excluding carboxylic acids is 1. The van der Waals surface area contributed by atoms with Gasteiger partial charge in [0, 0.05) is 11.8 Å². The maximum absolute atomic E-state index is 12.5. The number of amides is 1. The maximum Gasteiger partial charge on any atom is 0.278 e. The van der Waals surface area contributed by atoms with Gasteiger partial charge in [0.15, 0.2) is 0 Å². The summed E-state index contributed by atoms with van der Waals surface area (Å²) in [6.45, 7) is 1.77. The molecule has 0 aliphatic rings. The van der Waals surface area contributed by atoms with Crippen LogP contribution in [0.5, 0.6) is 5.75 Å². The fraction of sp³-hybridized carbons (Fsp3) is 0.125. The van der Waals surface area contributed by atoms with Crippen molar-refractivity contribution in [2.75, 3.05) is 12.1 Å². The quantitative estimate of drug-likeness (QED) is 0.630. The lowest BCUT2D eigenvalue weighted by atomic mass is 10.2. The molecule has 0 unspecified atom stereocenters. The van der Waals surface area contributed by atoms with Crippen LogP contribution in [0.25, 0.3) is 0 Å². The number of benzene rings is 2. The van der Waals surface area contributed by atoms with E-state index in [1.165, 1.54) is 5.01 Å². The van der Waals surface area contributed by atoms with Gasteiger partial charge in [-0.05, 0) is 43.3 Å². The molecule has 0 aliphatic carbocycles. The van der Waals surface area contributed by atoms with Crippen LogP contribution in [0.1, 0.15) is 17.3 Å². The maximum atomic E-state index is 12.5. The molecule has 0 heterocycles. The van der Waals surface area contributed by atoms with Crippen LogP contribution < -0.4 is 9.75 Å². The van der Waals surface area contributed by atoms with Crippen molar-refractivity contribution in [2.45, 2.75) is 6.92 Å². The molecule has 2 aromatic carbocycles. The van der Waals surface area contributed by atoms with Crippen molar-refractivity contribution in [3.8, 4) is 5.75 Å². The summed E-state index contributed by atoms with van der Waals surface area (Å²) in [6.07, 6.45) is 1.59. The SMILES string of the molecule is C/C=N\N(C(=O)c1ccccc1)c1ccc(OC)cc1. The van der Waals surface area contributed by atoms with E-state index in [0.29, 0.717) is 11.3 Å². The van der Waals surface area contributed by atoms with E-state index >= 15 is 0 Å². The molecule has 2 aromatic rings. The number of nitrogens with zero attached hydrogens (tertiary/aromatic N) is 2. The zero-order valence-corrected chi connectivity index (χ0v) is 11.5. The predicted molar refractivity (Wildman–Crippen MR) is 80.4 cm³/mol. The number of rotatable bonds is 4. The first-order valence-electron chi connectivity index (χ1n) is 6.28. The molecule has 20 heavy (non-hydrogen) atoms. The van der Waals surface area contributed by atoms with E-state index in [9.17, 15) is 4.79 Å². The highest BCUT2D eigenvalue weighted by Crippen LogP contribution is 2.21. The number of hydrogen-bond donors (Lipinski definition) is 0. The van der Waals surface area contributed by atoms with Crippen LogP contribution in [0.2, 0.25) is 0 Å². The zero-order chi connectivity index (χ0) is 14.4. The Morgan fingerprint density at radius 1 is 1.10 bits per heavy atom. The Balaban J connectivity index is 2.33. The van der Waals surface area contributed by atoms with Crippen LogP contribution in [0, 0.1) is 0 Å². The van der Waals surface area contributed by atoms with Gasteiger partial charge < -0.3 is 4.74 Å².